The van der Waals surface area contributed by atoms with Crippen LogP contribution < -0.4 is 11.1 Å². The molecule has 0 spiro atoms. The maximum atomic E-state index is 13.0. The van der Waals surface area contributed by atoms with Gasteiger partial charge in [-0.25, -0.2) is 0 Å². The summed E-state index contributed by atoms with van der Waals surface area (Å²) in [5, 5.41) is 2.86. The Kier molecular flexibility index (Phi) is 6.88. The smallest absolute Gasteiger partial charge is 0.255 e. The lowest BCUT2D eigenvalue weighted by Gasteiger charge is -2.31. The van der Waals surface area contributed by atoms with E-state index in [4.69, 9.17) is 10.2 Å². The Labute approximate surface area is 192 Å². The van der Waals surface area contributed by atoms with Crippen molar-refractivity contribution in [1.82, 2.24) is 4.90 Å². The van der Waals surface area contributed by atoms with Crippen molar-refractivity contribution in [2.45, 2.75) is 25.7 Å². The first kappa shape index (κ1) is 22.3. The first-order valence-corrected chi connectivity index (χ1v) is 11.1. The van der Waals surface area contributed by atoms with Crippen LogP contribution in [-0.4, -0.2) is 35.7 Å². The molecule has 3 amide bonds. The number of piperidine rings is 1. The van der Waals surface area contributed by atoms with Crippen molar-refractivity contribution in [2.24, 2.45) is 11.7 Å². The number of benzene rings is 2. The lowest BCUT2D eigenvalue weighted by atomic mass is 9.95. The number of hydrogen-bond acceptors (Lipinski definition) is 4. The average molecular weight is 446 g/mol. The minimum Gasteiger partial charge on any atom is -0.461 e. The molecule has 1 fully saturated rings. The molecule has 4 rings (SSSR count). The summed E-state index contributed by atoms with van der Waals surface area (Å²) in [6.07, 6.45) is 1.80. The van der Waals surface area contributed by atoms with Crippen molar-refractivity contribution in [2.75, 3.05) is 18.4 Å². The zero-order valence-corrected chi connectivity index (χ0v) is 18.3. The van der Waals surface area contributed by atoms with Gasteiger partial charge >= 0.3 is 0 Å². The maximum Gasteiger partial charge on any atom is 0.255 e. The Bertz CT molecular complexity index is 1130. The Balaban J connectivity index is 1.35. The van der Waals surface area contributed by atoms with Crippen LogP contribution in [0.1, 0.15) is 35.4 Å². The van der Waals surface area contributed by atoms with Crippen molar-refractivity contribution in [3.63, 3.8) is 0 Å². The van der Waals surface area contributed by atoms with E-state index in [1.54, 1.807) is 29.2 Å². The fraction of sp³-hybridized carbons (Fsp3) is 0.269. The van der Waals surface area contributed by atoms with Crippen LogP contribution >= 0.6 is 0 Å². The predicted octanol–water partition coefficient (Wildman–Crippen LogP) is 3.86. The molecule has 0 unspecified atom stereocenters. The summed E-state index contributed by atoms with van der Waals surface area (Å²) in [6, 6.07) is 20.5. The first-order chi connectivity index (χ1) is 16.0. The predicted molar refractivity (Wildman–Crippen MR) is 125 cm³/mol. The average Bonchev–Trinajstić information content (AvgIpc) is 3.32. The molecule has 2 aromatic carbocycles. The Hall–Kier alpha value is -3.87. The second-order valence-electron chi connectivity index (χ2n) is 8.19. The highest BCUT2D eigenvalue weighted by Crippen LogP contribution is 2.24. The summed E-state index contributed by atoms with van der Waals surface area (Å²) < 4.78 is 5.86. The van der Waals surface area contributed by atoms with Crippen molar-refractivity contribution < 1.29 is 18.8 Å². The van der Waals surface area contributed by atoms with Crippen LogP contribution in [0.15, 0.2) is 71.1 Å². The van der Waals surface area contributed by atoms with Crippen molar-refractivity contribution in [3.8, 4) is 11.3 Å². The van der Waals surface area contributed by atoms with E-state index in [9.17, 15) is 14.4 Å². The molecule has 0 saturated carbocycles. The molecule has 1 saturated heterocycles. The van der Waals surface area contributed by atoms with Gasteiger partial charge in [-0.2, -0.15) is 0 Å². The number of nitrogens with zero attached hydrogens (tertiary/aromatic N) is 1. The molecule has 0 bridgehead atoms. The molecule has 0 radical (unpaired) electrons. The van der Waals surface area contributed by atoms with E-state index in [1.807, 2.05) is 42.5 Å². The van der Waals surface area contributed by atoms with Crippen LogP contribution in [0.3, 0.4) is 0 Å². The minimum atomic E-state index is -0.317. The van der Waals surface area contributed by atoms with Crippen LogP contribution in [0.25, 0.3) is 11.3 Å². The number of furan rings is 1. The number of amides is 3. The van der Waals surface area contributed by atoms with E-state index in [-0.39, 0.29) is 30.1 Å². The zero-order chi connectivity index (χ0) is 23.2. The van der Waals surface area contributed by atoms with Gasteiger partial charge in [0, 0.05) is 37.4 Å². The lowest BCUT2D eigenvalue weighted by molar-refractivity contribution is -0.123. The molecule has 3 aromatic rings. The van der Waals surface area contributed by atoms with Gasteiger partial charge in [-0.05, 0) is 37.1 Å². The summed E-state index contributed by atoms with van der Waals surface area (Å²) in [6.45, 7) is 0.938. The lowest BCUT2D eigenvalue weighted by Crippen LogP contribution is -2.42. The van der Waals surface area contributed by atoms with Gasteiger partial charge in [-0.3, -0.25) is 14.4 Å². The molecule has 33 heavy (non-hydrogen) atoms. The monoisotopic (exact) mass is 445 g/mol. The van der Waals surface area contributed by atoms with Gasteiger partial charge in [0.05, 0.1) is 11.3 Å². The molecular weight excluding hydrogens is 418 g/mol. The summed E-state index contributed by atoms with van der Waals surface area (Å²) >= 11 is 0. The third-order valence-corrected chi connectivity index (χ3v) is 5.93. The molecule has 3 N–H and O–H groups in total. The largest absolute Gasteiger partial charge is 0.461 e. The molecule has 7 nitrogen and oxygen atoms in total. The fourth-order valence-corrected chi connectivity index (χ4v) is 4.04. The second kappa shape index (κ2) is 10.2. The summed E-state index contributed by atoms with van der Waals surface area (Å²) in [5.74, 6) is 0.635. The Morgan fingerprint density at radius 3 is 2.36 bits per heavy atom. The number of anilines is 1. The third kappa shape index (κ3) is 5.49. The van der Waals surface area contributed by atoms with Gasteiger partial charge in [0.25, 0.3) is 5.91 Å². The minimum absolute atomic E-state index is 0.160. The summed E-state index contributed by atoms with van der Waals surface area (Å²) in [4.78, 5) is 38.7. The number of likely N-dealkylation sites (tertiary alicyclic amines) is 1. The van der Waals surface area contributed by atoms with Crippen molar-refractivity contribution in [3.05, 3.63) is 78.1 Å². The van der Waals surface area contributed by atoms with E-state index in [0.29, 0.717) is 43.6 Å². The number of carbonyl (C=O) groups excluding carboxylic acids is 3. The third-order valence-electron chi connectivity index (χ3n) is 5.93. The number of primary amides is 1. The Morgan fingerprint density at radius 2 is 1.64 bits per heavy atom. The van der Waals surface area contributed by atoms with Gasteiger partial charge in [-0.1, -0.05) is 42.5 Å². The van der Waals surface area contributed by atoms with Gasteiger partial charge in [-0.15, -0.1) is 0 Å². The zero-order valence-electron chi connectivity index (χ0n) is 18.3. The van der Waals surface area contributed by atoms with Crippen LogP contribution in [0.4, 0.5) is 5.69 Å². The van der Waals surface area contributed by atoms with E-state index >= 15 is 0 Å². The SMILES string of the molecule is NC(=O)C1CCN(C(=O)c2ccccc2NC(=O)CCc2ccc(-c3ccccc3)o2)CC1. The highest BCUT2D eigenvalue weighted by molar-refractivity contribution is 6.03. The standard InChI is InChI=1S/C26H27N3O4/c27-25(31)19-14-16-29(17-15-19)26(32)21-8-4-5-9-22(21)28-24(30)13-11-20-10-12-23(33-20)18-6-2-1-3-7-18/h1-10,12,19H,11,13-17H2,(H2,27,31)(H,28,30). The number of para-hydroxylation sites is 1. The number of carbonyl (C=O) groups is 3. The summed E-state index contributed by atoms with van der Waals surface area (Å²) in [5.41, 5.74) is 7.29. The van der Waals surface area contributed by atoms with E-state index < -0.39 is 0 Å². The van der Waals surface area contributed by atoms with Crippen LogP contribution in [0.2, 0.25) is 0 Å². The van der Waals surface area contributed by atoms with Gasteiger partial charge in [0.1, 0.15) is 11.5 Å². The Morgan fingerprint density at radius 1 is 0.939 bits per heavy atom. The molecule has 7 heteroatoms. The van der Waals surface area contributed by atoms with Crippen LogP contribution in [0, 0.1) is 5.92 Å². The van der Waals surface area contributed by atoms with Crippen LogP contribution in [0.5, 0.6) is 0 Å². The van der Waals surface area contributed by atoms with Crippen LogP contribution in [-0.2, 0) is 16.0 Å². The molecule has 170 valence electrons. The van der Waals surface area contributed by atoms with Gasteiger partial charge < -0.3 is 20.4 Å². The van der Waals surface area contributed by atoms with E-state index in [1.165, 1.54) is 0 Å². The number of nitrogens with one attached hydrogen (secondary N) is 1. The number of aryl methyl sites for hydroxylation is 1. The topological polar surface area (TPSA) is 106 Å². The molecule has 1 aliphatic rings. The molecule has 1 aromatic heterocycles. The summed E-state index contributed by atoms with van der Waals surface area (Å²) in [7, 11) is 0. The maximum absolute atomic E-state index is 13.0. The quantitative estimate of drug-likeness (QED) is 0.576. The first-order valence-electron chi connectivity index (χ1n) is 11.1. The highest BCUT2D eigenvalue weighted by Gasteiger charge is 2.27. The molecule has 0 aliphatic carbocycles. The van der Waals surface area contributed by atoms with Gasteiger partial charge in [0.15, 0.2) is 0 Å². The molecule has 0 atom stereocenters. The van der Waals surface area contributed by atoms with Crippen molar-refractivity contribution in [1.29, 1.82) is 0 Å². The van der Waals surface area contributed by atoms with E-state index in [0.717, 1.165) is 17.1 Å². The molecule has 1 aliphatic heterocycles. The van der Waals surface area contributed by atoms with E-state index in [2.05, 4.69) is 5.32 Å². The molecule has 2 heterocycles. The highest BCUT2D eigenvalue weighted by atomic mass is 16.3. The molecular formula is C26H27N3O4. The van der Waals surface area contributed by atoms with Crippen molar-refractivity contribution >= 4 is 23.4 Å². The fourth-order valence-electron chi connectivity index (χ4n) is 4.04. The number of hydrogen-bond donors (Lipinski definition) is 2. The number of nitrogens with two attached hydrogens (primary N) is 1. The van der Waals surface area contributed by atoms with Gasteiger partial charge in [0.2, 0.25) is 11.8 Å². The number of rotatable bonds is 7. The normalized spacial score (nSPS) is 14.1. The second-order valence-corrected chi connectivity index (χ2v) is 8.19.